The number of nitrogens with zero attached hydrogens (tertiary/aromatic N) is 1. The van der Waals surface area contributed by atoms with Gasteiger partial charge in [0, 0.05) is 18.3 Å². The Hall–Kier alpha value is -2.96. The Morgan fingerprint density at radius 2 is 1.90 bits per heavy atom. The number of halogens is 1. The molecule has 0 aliphatic heterocycles. The number of nitrogens with one attached hydrogen (secondary N) is 1. The maximum absolute atomic E-state index is 12.8. The molecule has 0 atom stereocenters. The summed E-state index contributed by atoms with van der Waals surface area (Å²) in [7, 11) is 0. The number of benzene rings is 2. The van der Waals surface area contributed by atoms with Crippen LogP contribution in [0.25, 0.3) is 0 Å². The lowest BCUT2D eigenvalue weighted by atomic mass is 10.1. The molecule has 2 N–H and O–H groups in total. The third-order valence-corrected chi connectivity index (χ3v) is 2.83. The van der Waals surface area contributed by atoms with E-state index in [-0.39, 0.29) is 11.4 Å². The molecule has 2 aromatic rings. The monoisotopic (exact) mass is 290 g/mol. The van der Waals surface area contributed by atoms with E-state index in [1.165, 1.54) is 24.3 Å². The number of anilines is 1. The third kappa shape index (κ3) is 3.53. The number of aromatic carboxylic acids is 1. The molecule has 0 saturated carbocycles. The van der Waals surface area contributed by atoms with Gasteiger partial charge in [0.15, 0.2) is 0 Å². The van der Waals surface area contributed by atoms with Crippen LogP contribution in [0.1, 0.15) is 15.9 Å². The number of rotatable bonds is 5. The van der Waals surface area contributed by atoms with Gasteiger partial charge in [-0.2, -0.15) is 0 Å². The average molecular weight is 290 g/mol. The molecular weight excluding hydrogens is 279 g/mol. The summed E-state index contributed by atoms with van der Waals surface area (Å²) in [5.74, 6) is -1.71. The van der Waals surface area contributed by atoms with Crippen molar-refractivity contribution in [1.29, 1.82) is 0 Å². The molecule has 21 heavy (non-hydrogen) atoms. The smallest absolute Gasteiger partial charge is 0.342 e. The van der Waals surface area contributed by atoms with Gasteiger partial charge >= 0.3 is 5.97 Å². The molecular formula is C14H11FN2O4. The van der Waals surface area contributed by atoms with Crippen molar-refractivity contribution in [2.45, 2.75) is 6.54 Å². The molecule has 7 heteroatoms. The molecule has 0 bridgehead atoms. The van der Waals surface area contributed by atoms with E-state index >= 15 is 0 Å². The number of hydrogen-bond acceptors (Lipinski definition) is 4. The van der Waals surface area contributed by atoms with Crippen LogP contribution in [0.2, 0.25) is 0 Å². The van der Waals surface area contributed by atoms with E-state index in [9.17, 15) is 19.3 Å². The minimum Gasteiger partial charge on any atom is -0.477 e. The second kappa shape index (κ2) is 6.00. The van der Waals surface area contributed by atoms with Crippen molar-refractivity contribution < 1.29 is 19.2 Å². The summed E-state index contributed by atoms with van der Waals surface area (Å²) in [6, 6.07) is 9.57. The van der Waals surface area contributed by atoms with Gasteiger partial charge in [0.05, 0.1) is 4.92 Å². The Morgan fingerprint density at radius 1 is 1.24 bits per heavy atom. The molecule has 0 saturated heterocycles. The third-order valence-electron chi connectivity index (χ3n) is 2.83. The summed E-state index contributed by atoms with van der Waals surface area (Å²) in [4.78, 5) is 21.0. The molecule has 0 aromatic heterocycles. The standard InChI is InChI=1S/C14H11FN2O4/c15-10-3-1-9(2-4-10)8-16-11-5-6-13(17(20)21)12(7-11)14(18)19/h1-7,16H,8H2,(H,18,19). The normalized spacial score (nSPS) is 10.1. The first-order valence-corrected chi connectivity index (χ1v) is 5.97. The first-order valence-electron chi connectivity index (χ1n) is 5.97. The molecule has 0 amide bonds. The Balaban J connectivity index is 2.17. The predicted octanol–water partition coefficient (Wildman–Crippen LogP) is 3.04. The van der Waals surface area contributed by atoms with Crippen LogP contribution >= 0.6 is 0 Å². The van der Waals surface area contributed by atoms with E-state index in [2.05, 4.69) is 5.32 Å². The van der Waals surface area contributed by atoms with Crippen molar-refractivity contribution in [3.8, 4) is 0 Å². The molecule has 0 unspecified atom stereocenters. The first-order chi connectivity index (χ1) is 9.97. The summed E-state index contributed by atoms with van der Waals surface area (Å²) < 4.78 is 12.8. The maximum atomic E-state index is 12.8. The highest BCUT2D eigenvalue weighted by molar-refractivity contribution is 5.93. The average Bonchev–Trinajstić information content (AvgIpc) is 2.46. The second-order valence-corrected chi connectivity index (χ2v) is 4.27. The second-order valence-electron chi connectivity index (χ2n) is 4.27. The Labute approximate surface area is 119 Å². The summed E-state index contributed by atoms with van der Waals surface area (Å²) in [5, 5.41) is 22.6. The lowest BCUT2D eigenvalue weighted by molar-refractivity contribution is -0.385. The van der Waals surface area contributed by atoms with Gasteiger partial charge in [-0.1, -0.05) is 12.1 Å². The van der Waals surface area contributed by atoms with Crippen molar-refractivity contribution in [2.75, 3.05) is 5.32 Å². The van der Waals surface area contributed by atoms with Gasteiger partial charge in [-0.25, -0.2) is 9.18 Å². The zero-order valence-electron chi connectivity index (χ0n) is 10.7. The topological polar surface area (TPSA) is 92.5 Å². The molecule has 0 spiro atoms. The molecule has 0 aliphatic carbocycles. The number of nitro benzene ring substituents is 1. The van der Waals surface area contributed by atoms with Crippen LogP contribution < -0.4 is 5.32 Å². The fourth-order valence-electron chi connectivity index (χ4n) is 1.78. The van der Waals surface area contributed by atoms with Crippen LogP contribution in [0.15, 0.2) is 42.5 Å². The number of carbonyl (C=O) groups is 1. The fraction of sp³-hybridized carbons (Fsp3) is 0.0714. The predicted molar refractivity (Wildman–Crippen MR) is 73.8 cm³/mol. The highest BCUT2D eigenvalue weighted by atomic mass is 19.1. The molecule has 2 aromatic carbocycles. The highest BCUT2D eigenvalue weighted by Gasteiger charge is 2.19. The Morgan fingerprint density at radius 3 is 2.48 bits per heavy atom. The molecule has 0 aliphatic rings. The van der Waals surface area contributed by atoms with Gasteiger partial charge < -0.3 is 10.4 Å². The van der Waals surface area contributed by atoms with Gasteiger partial charge in [0.1, 0.15) is 11.4 Å². The lowest BCUT2D eigenvalue weighted by Crippen LogP contribution is -2.05. The van der Waals surface area contributed by atoms with Crippen LogP contribution in [-0.2, 0) is 6.54 Å². The van der Waals surface area contributed by atoms with E-state index < -0.39 is 16.6 Å². The minimum atomic E-state index is -1.37. The number of carboxylic acids is 1. The summed E-state index contributed by atoms with van der Waals surface area (Å²) >= 11 is 0. The van der Waals surface area contributed by atoms with Crippen molar-refractivity contribution in [3.63, 3.8) is 0 Å². The van der Waals surface area contributed by atoms with Crippen LogP contribution in [0.3, 0.4) is 0 Å². The molecule has 0 radical (unpaired) electrons. The van der Waals surface area contributed by atoms with E-state index in [4.69, 9.17) is 5.11 Å². The van der Waals surface area contributed by atoms with E-state index in [0.717, 1.165) is 11.6 Å². The molecule has 0 heterocycles. The highest BCUT2D eigenvalue weighted by Crippen LogP contribution is 2.23. The summed E-state index contributed by atoms with van der Waals surface area (Å²) in [5.41, 5.74) is 0.382. The summed E-state index contributed by atoms with van der Waals surface area (Å²) in [6.07, 6.45) is 0. The van der Waals surface area contributed by atoms with Crippen LogP contribution in [0, 0.1) is 15.9 Å². The Bertz CT molecular complexity index is 686. The molecule has 108 valence electrons. The van der Waals surface area contributed by atoms with E-state index in [1.54, 1.807) is 12.1 Å². The number of hydrogen-bond donors (Lipinski definition) is 2. The lowest BCUT2D eigenvalue weighted by Gasteiger charge is -2.07. The van der Waals surface area contributed by atoms with Crippen molar-refractivity contribution in [3.05, 3.63) is 69.5 Å². The molecule has 2 rings (SSSR count). The van der Waals surface area contributed by atoms with Crippen LogP contribution in [-0.4, -0.2) is 16.0 Å². The van der Waals surface area contributed by atoms with Crippen molar-refractivity contribution in [1.82, 2.24) is 0 Å². The minimum absolute atomic E-state index is 0.344. The van der Waals surface area contributed by atoms with Gasteiger partial charge in [-0.05, 0) is 29.8 Å². The number of nitro groups is 1. The summed E-state index contributed by atoms with van der Waals surface area (Å²) in [6.45, 7) is 0.344. The van der Waals surface area contributed by atoms with Gasteiger partial charge in [0.2, 0.25) is 0 Å². The molecule has 0 fully saturated rings. The Kier molecular flexibility index (Phi) is 4.13. The largest absolute Gasteiger partial charge is 0.477 e. The van der Waals surface area contributed by atoms with Crippen LogP contribution in [0.5, 0.6) is 0 Å². The molecule has 6 nitrogen and oxygen atoms in total. The van der Waals surface area contributed by atoms with E-state index in [1.807, 2.05) is 0 Å². The van der Waals surface area contributed by atoms with Crippen LogP contribution in [0.4, 0.5) is 15.8 Å². The van der Waals surface area contributed by atoms with Gasteiger partial charge in [0.25, 0.3) is 5.69 Å². The van der Waals surface area contributed by atoms with Gasteiger partial charge in [-0.3, -0.25) is 10.1 Å². The fourth-order valence-corrected chi connectivity index (χ4v) is 1.78. The van der Waals surface area contributed by atoms with Crippen molar-refractivity contribution in [2.24, 2.45) is 0 Å². The first kappa shape index (κ1) is 14.4. The van der Waals surface area contributed by atoms with Gasteiger partial charge in [-0.15, -0.1) is 0 Å². The SMILES string of the molecule is O=C(O)c1cc(NCc2ccc(F)cc2)ccc1[N+](=O)[O-]. The zero-order valence-corrected chi connectivity index (χ0v) is 10.7. The quantitative estimate of drug-likeness (QED) is 0.652. The van der Waals surface area contributed by atoms with Crippen molar-refractivity contribution >= 4 is 17.3 Å². The maximum Gasteiger partial charge on any atom is 0.342 e. The number of carboxylic acid groups (broad SMARTS) is 1. The zero-order chi connectivity index (χ0) is 15.4. The van der Waals surface area contributed by atoms with E-state index in [0.29, 0.717) is 12.2 Å².